The molecule has 2 aliphatic rings. The van der Waals surface area contributed by atoms with E-state index in [4.69, 9.17) is 14.2 Å². The van der Waals surface area contributed by atoms with E-state index in [1.54, 1.807) is 6.33 Å². The Hall–Kier alpha value is -2.41. The van der Waals surface area contributed by atoms with Gasteiger partial charge < -0.3 is 19.1 Å². The van der Waals surface area contributed by atoms with Gasteiger partial charge in [-0.15, -0.1) is 0 Å². The van der Waals surface area contributed by atoms with Gasteiger partial charge in [0.15, 0.2) is 0 Å². The monoisotopic (exact) mass is 387 g/mol. The van der Waals surface area contributed by atoms with E-state index in [0.29, 0.717) is 6.61 Å². The van der Waals surface area contributed by atoms with E-state index in [1.165, 1.54) is 0 Å². The number of aromatic nitrogens is 2. The number of ether oxygens (including phenoxy) is 3. The molecule has 2 heterocycles. The van der Waals surface area contributed by atoms with Crippen molar-refractivity contribution in [1.82, 2.24) is 9.97 Å². The predicted molar refractivity (Wildman–Crippen MR) is 108 cm³/mol. The van der Waals surface area contributed by atoms with Crippen LogP contribution in [0.2, 0.25) is 0 Å². The van der Waals surface area contributed by atoms with Gasteiger partial charge in [0, 0.05) is 32.5 Å². The maximum absolute atomic E-state index is 12.0. The first-order valence-electron chi connectivity index (χ1n) is 10.1. The van der Waals surface area contributed by atoms with Gasteiger partial charge in [0.25, 0.3) is 0 Å². The molecule has 2 aromatic rings. The highest BCUT2D eigenvalue weighted by molar-refractivity contribution is 5.88. The maximum Gasteiger partial charge on any atom is 0.308 e. The van der Waals surface area contributed by atoms with Gasteiger partial charge in [-0.1, -0.05) is 0 Å². The number of fused-ring (bicyclic) bond motifs is 1. The van der Waals surface area contributed by atoms with Gasteiger partial charge in [-0.05, 0) is 38.7 Å². The van der Waals surface area contributed by atoms with Crippen LogP contribution in [0.3, 0.4) is 0 Å². The minimum atomic E-state index is -0.0749. The molecule has 0 amide bonds. The first-order valence-corrected chi connectivity index (χ1v) is 10.1. The van der Waals surface area contributed by atoms with E-state index in [1.807, 2.05) is 13.1 Å². The molecule has 0 unspecified atom stereocenters. The van der Waals surface area contributed by atoms with Crippen LogP contribution in [0.25, 0.3) is 10.9 Å². The molecule has 2 fully saturated rings. The van der Waals surface area contributed by atoms with E-state index < -0.39 is 0 Å². The molecule has 7 heteroatoms. The highest BCUT2D eigenvalue weighted by atomic mass is 16.5. The zero-order valence-electron chi connectivity index (χ0n) is 16.3. The minimum absolute atomic E-state index is 0. The highest BCUT2D eigenvalue weighted by Gasteiger charge is 2.28. The van der Waals surface area contributed by atoms with Crippen LogP contribution < -0.4 is 9.64 Å². The summed E-state index contributed by atoms with van der Waals surface area (Å²) < 4.78 is 17.0. The zero-order chi connectivity index (χ0) is 19.3. The van der Waals surface area contributed by atoms with Crippen LogP contribution in [0.4, 0.5) is 5.69 Å². The highest BCUT2D eigenvalue weighted by Crippen LogP contribution is 2.34. The van der Waals surface area contributed by atoms with Gasteiger partial charge in [-0.3, -0.25) is 4.79 Å². The number of hydrogen-bond acceptors (Lipinski definition) is 7. The number of rotatable bonds is 5. The molecule has 28 heavy (non-hydrogen) atoms. The summed E-state index contributed by atoms with van der Waals surface area (Å²) in [4.78, 5) is 22.9. The average molecular weight is 387 g/mol. The Labute approximate surface area is 166 Å². The number of carbonyl (C=O) groups excluding carboxylic acids is 1. The van der Waals surface area contributed by atoms with Crippen molar-refractivity contribution < 1.29 is 20.4 Å². The van der Waals surface area contributed by atoms with Gasteiger partial charge in [0.1, 0.15) is 12.1 Å². The minimum Gasteiger partial charge on any atom is -0.490 e. The fourth-order valence-electron chi connectivity index (χ4n) is 4.00. The smallest absolute Gasteiger partial charge is 0.308 e. The molecular weight excluding hydrogens is 358 g/mol. The van der Waals surface area contributed by atoms with Crippen molar-refractivity contribution in [3.05, 3.63) is 24.7 Å². The summed E-state index contributed by atoms with van der Waals surface area (Å²) >= 11 is 0. The Morgan fingerprint density at radius 1 is 1.25 bits per heavy atom. The number of nitrogens with zero attached hydrogens (tertiary/aromatic N) is 3. The quantitative estimate of drug-likeness (QED) is 0.729. The van der Waals surface area contributed by atoms with E-state index in [-0.39, 0.29) is 19.4 Å². The summed E-state index contributed by atoms with van der Waals surface area (Å²) in [5.74, 6) is 0.743. The number of benzene rings is 1. The first kappa shape index (κ1) is 18.9. The van der Waals surface area contributed by atoms with E-state index in [9.17, 15) is 4.79 Å². The molecule has 1 aliphatic carbocycles. The van der Waals surface area contributed by atoms with Gasteiger partial charge in [0.2, 0.25) is 0 Å². The lowest BCUT2D eigenvalue weighted by molar-refractivity contribution is -0.149. The van der Waals surface area contributed by atoms with Crippen molar-refractivity contribution in [3.63, 3.8) is 0 Å². The normalized spacial score (nSPS) is 22.8. The second-order valence-corrected chi connectivity index (χ2v) is 7.34. The molecule has 1 aliphatic heterocycles. The van der Waals surface area contributed by atoms with Crippen LogP contribution in [-0.2, 0) is 14.3 Å². The Morgan fingerprint density at radius 2 is 2.04 bits per heavy atom. The fraction of sp³-hybridized carbons (Fsp3) is 0.571. The number of hydrogen-bond donors (Lipinski definition) is 0. The largest absolute Gasteiger partial charge is 0.490 e. The zero-order valence-corrected chi connectivity index (χ0v) is 16.3. The van der Waals surface area contributed by atoms with Crippen molar-refractivity contribution in [2.75, 3.05) is 37.8 Å². The second-order valence-electron chi connectivity index (χ2n) is 7.34. The summed E-state index contributed by atoms with van der Waals surface area (Å²) in [6.45, 7) is 5.48. The topological polar surface area (TPSA) is 73.8 Å². The molecule has 0 bridgehead atoms. The predicted octanol–water partition coefficient (Wildman–Crippen LogP) is 3.21. The molecule has 1 saturated heterocycles. The van der Waals surface area contributed by atoms with Crippen LogP contribution >= 0.6 is 0 Å². The maximum atomic E-state index is 12.0. The molecule has 0 N–H and O–H groups in total. The SMILES string of the molecule is CCOC(=O)C1CCC(Oc2cc(N3CCOCC3)cc3ncncc23)CC1.[HH]. The lowest BCUT2D eigenvalue weighted by Gasteiger charge is -2.31. The molecule has 1 aromatic carbocycles. The Bertz CT molecular complexity index is 821. The third-order valence-electron chi connectivity index (χ3n) is 5.54. The molecule has 7 nitrogen and oxygen atoms in total. The summed E-state index contributed by atoms with van der Waals surface area (Å²) in [6, 6.07) is 4.18. The Kier molecular flexibility index (Phi) is 5.90. The standard InChI is InChI=1S/C21H27N3O4.H2/c1-2-27-21(25)15-3-5-17(6-4-15)28-20-12-16(24-7-9-26-10-8-24)11-19-18(20)13-22-14-23-19;/h11-15,17H,2-10H2,1H3;1H. The van der Waals surface area contributed by atoms with Crippen molar-refractivity contribution in [3.8, 4) is 5.75 Å². The molecule has 1 aromatic heterocycles. The summed E-state index contributed by atoms with van der Waals surface area (Å²) in [7, 11) is 0. The van der Waals surface area contributed by atoms with Crippen molar-refractivity contribution in [2.45, 2.75) is 38.7 Å². The van der Waals surface area contributed by atoms with Crippen LogP contribution in [0.5, 0.6) is 5.75 Å². The van der Waals surface area contributed by atoms with Crippen LogP contribution in [0.1, 0.15) is 34.0 Å². The first-order chi connectivity index (χ1) is 13.7. The summed E-state index contributed by atoms with van der Waals surface area (Å²) in [5, 5.41) is 0.923. The summed E-state index contributed by atoms with van der Waals surface area (Å²) in [6.07, 6.45) is 6.78. The lowest BCUT2D eigenvalue weighted by atomic mass is 9.87. The average Bonchev–Trinajstić information content (AvgIpc) is 2.75. The fourth-order valence-corrected chi connectivity index (χ4v) is 4.00. The molecule has 152 valence electrons. The number of carbonyl (C=O) groups is 1. The van der Waals surface area contributed by atoms with Crippen LogP contribution in [0.15, 0.2) is 24.7 Å². The van der Waals surface area contributed by atoms with E-state index in [0.717, 1.165) is 74.3 Å². The lowest BCUT2D eigenvalue weighted by Crippen LogP contribution is -2.36. The second kappa shape index (κ2) is 8.73. The number of morpholine rings is 1. The molecule has 0 atom stereocenters. The Balaban J connectivity index is 0.00000240. The number of anilines is 1. The van der Waals surface area contributed by atoms with Gasteiger partial charge in [-0.2, -0.15) is 0 Å². The van der Waals surface area contributed by atoms with E-state index >= 15 is 0 Å². The van der Waals surface area contributed by atoms with Crippen molar-refractivity contribution >= 4 is 22.6 Å². The van der Waals surface area contributed by atoms with Gasteiger partial charge in [0.05, 0.1) is 42.7 Å². The third-order valence-corrected chi connectivity index (χ3v) is 5.54. The third kappa shape index (κ3) is 4.19. The van der Waals surface area contributed by atoms with E-state index in [2.05, 4.69) is 27.0 Å². The van der Waals surface area contributed by atoms with Crippen molar-refractivity contribution in [1.29, 1.82) is 0 Å². The van der Waals surface area contributed by atoms with Crippen LogP contribution in [-0.4, -0.2) is 55.0 Å². The Morgan fingerprint density at radius 3 is 2.79 bits per heavy atom. The molecule has 4 rings (SSSR count). The van der Waals surface area contributed by atoms with Gasteiger partial charge in [-0.25, -0.2) is 9.97 Å². The summed E-state index contributed by atoms with van der Waals surface area (Å²) in [5.41, 5.74) is 1.99. The van der Waals surface area contributed by atoms with Crippen molar-refractivity contribution in [2.24, 2.45) is 5.92 Å². The number of esters is 1. The molecular formula is C21H29N3O4. The van der Waals surface area contributed by atoms with Gasteiger partial charge >= 0.3 is 5.97 Å². The molecule has 0 radical (unpaired) electrons. The van der Waals surface area contributed by atoms with Crippen LogP contribution in [0, 0.1) is 5.92 Å². The molecule has 1 saturated carbocycles. The molecule has 0 spiro atoms.